The fraction of sp³-hybridized carbons (Fsp3) is 0.316. The molecule has 1 saturated heterocycles. The first-order chi connectivity index (χ1) is 12.9. The third-order valence-electron chi connectivity index (χ3n) is 4.74. The molecular weight excluding hydrogens is 404 g/mol. The summed E-state index contributed by atoms with van der Waals surface area (Å²) in [4.78, 5) is 6.80. The molecule has 2 unspecified atom stereocenters. The van der Waals surface area contributed by atoms with Crippen LogP contribution in [-0.2, 0) is 15.6 Å². The van der Waals surface area contributed by atoms with E-state index in [1.165, 1.54) is 0 Å². The highest BCUT2D eigenvalue weighted by Crippen LogP contribution is 2.36. The number of rotatable bonds is 4. The molecule has 2 aromatic rings. The molecule has 0 saturated carbocycles. The van der Waals surface area contributed by atoms with Crippen LogP contribution in [0.25, 0.3) is 0 Å². The van der Waals surface area contributed by atoms with Gasteiger partial charge in [-0.15, -0.1) is 0 Å². The van der Waals surface area contributed by atoms with Crippen molar-refractivity contribution < 1.29 is 13.2 Å². The largest absolute Gasteiger partial charge is 0.497 e. The number of halogens is 1. The van der Waals surface area contributed by atoms with Gasteiger partial charge in [-0.2, -0.15) is 0 Å². The maximum atomic E-state index is 12.1. The van der Waals surface area contributed by atoms with Gasteiger partial charge in [0.25, 0.3) is 0 Å². The van der Waals surface area contributed by atoms with E-state index in [1.54, 1.807) is 18.9 Å². The van der Waals surface area contributed by atoms with Crippen LogP contribution in [0.3, 0.4) is 0 Å². The van der Waals surface area contributed by atoms with Crippen LogP contribution in [0, 0.1) is 0 Å². The standard InChI is InChI=1S/C19H19ClN2O3S2/c1-25-16-8-2-13(3-9-16)10-26-19-21-17-11-27(23,24)12-18(17)22(19)15-6-4-14(20)5-7-15/h2-9,17-18H,10-12H2,1H3. The maximum absolute atomic E-state index is 12.1. The van der Waals surface area contributed by atoms with Gasteiger partial charge in [0.1, 0.15) is 5.75 Å². The van der Waals surface area contributed by atoms with Crippen molar-refractivity contribution in [2.75, 3.05) is 23.5 Å². The Morgan fingerprint density at radius 3 is 2.52 bits per heavy atom. The minimum Gasteiger partial charge on any atom is -0.497 e. The summed E-state index contributed by atoms with van der Waals surface area (Å²) in [5, 5.41) is 1.51. The second-order valence-corrected chi connectivity index (χ2v) is 10.1. The van der Waals surface area contributed by atoms with Crippen LogP contribution < -0.4 is 9.64 Å². The van der Waals surface area contributed by atoms with Crippen molar-refractivity contribution in [2.45, 2.75) is 17.8 Å². The Kier molecular flexibility index (Phi) is 5.09. The lowest BCUT2D eigenvalue weighted by molar-refractivity contribution is 0.414. The van der Waals surface area contributed by atoms with Crippen LogP contribution in [0.5, 0.6) is 5.75 Å². The molecule has 2 atom stereocenters. The van der Waals surface area contributed by atoms with Crippen molar-refractivity contribution in [3.63, 3.8) is 0 Å². The van der Waals surface area contributed by atoms with Gasteiger partial charge in [0, 0.05) is 16.5 Å². The fourth-order valence-corrected chi connectivity index (χ4v) is 6.46. The van der Waals surface area contributed by atoms with Crippen molar-refractivity contribution in [3.05, 3.63) is 59.1 Å². The summed E-state index contributed by atoms with van der Waals surface area (Å²) in [5.74, 6) is 1.83. The van der Waals surface area contributed by atoms with Crippen molar-refractivity contribution in [3.8, 4) is 5.75 Å². The molecule has 1 fully saturated rings. The second kappa shape index (κ2) is 7.37. The number of methoxy groups -OCH3 is 1. The number of sulfone groups is 1. The van der Waals surface area contributed by atoms with Crippen molar-refractivity contribution >= 4 is 44.1 Å². The molecule has 8 heteroatoms. The lowest BCUT2D eigenvalue weighted by atomic mass is 10.1. The van der Waals surface area contributed by atoms with E-state index in [2.05, 4.69) is 4.90 Å². The minimum absolute atomic E-state index is 0.119. The first-order valence-electron chi connectivity index (χ1n) is 8.54. The third-order valence-corrected chi connectivity index (χ3v) is 7.73. The van der Waals surface area contributed by atoms with Crippen LogP contribution in [0.1, 0.15) is 5.56 Å². The van der Waals surface area contributed by atoms with Gasteiger partial charge in [-0.25, -0.2) is 8.42 Å². The molecule has 4 rings (SSSR count). The molecule has 0 aromatic heterocycles. The van der Waals surface area contributed by atoms with E-state index in [-0.39, 0.29) is 23.6 Å². The van der Waals surface area contributed by atoms with Gasteiger partial charge in [-0.3, -0.25) is 4.99 Å². The monoisotopic (exact) mass is 422 g/mol. The number of aliphatic imine (C=N–C) groups is 1. The van der Waals surface area contributed by atoms with E-state index in [0.717, 1.165) is 27.9 Å². The smallest absolute Gasteiger partial charge is 0.164 e. The molecule has 0 N–H and O–H groups in total. The molecule has 0 bridgehead atoms. The molecule has 27 heavy (non-hydrogen) atoms. The first-order valence-corrected chi connectivity index (χ1v) is 11.7. The zero-order valence-corrected chi connectivity index (χ0v) is 17.1. The summed E-state index contributed by atoms with van der Waals surface area (Å²) in [6, 6.07) is 15.0. The Morgan fingerprint density at radius 2 is 1.85 bits per heavy atom. The van der Waals surface area contributed by atoms with Crippen molar-refractivity contribution in [1.29, 1.82) is 0 Å². The summed E-state index contributed by atoms with van der Waals surface area (Å²) in [6.45, 7) is 0. The number of fused-ring (bicyclic) bond motifs is 1. The number of thioether (sulfide) groups is 1. The van der Waals surface area contributed by atoms with Crippen LogP contribution in [-0.4, -0.2) is 44.3 Å². The summed E-state index contributed by atoms with van der Waals surface area (Å²) >= 11 is 7.64. The minimum atomic E-state index is -3.05. The fourth-order valence-electron chi connectivity index (χ4n) is 3.41. The number of amidine groups is 1. The number of hydrogen-bond acceptors (Lipinski definition) is 6. The Morgan fingerprint density at radius 1 is 1.15 bits per heavy atom. The van der Waals surface area contributed by atoms with Crippen LogP contribution >= 0.6 is 23.4 Å². The number of ether oxygens (including phenoxy) is 1. The van der Waals surface area contributed by atoms with Crippen LogP contribution in [0.15, 0.2) is 53.5 Å². The Balaban J connectivity index is 1.57. The SMILES string of the molecule is COc1ccc(CSC2=NC3CS(=O)(=O)CC3N2c2ccc(Cl)cc2)cc1. The van der Waals surface area contributed by atoms with E-state index >= 15 is 0 Å². The molecule has 0 spiro atoms. The normalized spacial score (nSPS) is 23.2. The van der Waals surface area contributed by atoms with Gasteiger partial charge >= 0.3 is 0 Å². The van der Waals surface area contributed by atoms with E-state index in [0.29, 0.717) is 5.02 Å². The van der Waals surface area contributed by atoms with Crippen LogP contribution in [0.4, 0.5) is 5.69 Å². The molecule has 0 aliphatic carbocycles. The highest BCUT2D eigenvalue weighted by molar-refractivity contribution is 8.13. The van der Waals surface area contributed by atoms with Gasteiger partial charge in [0.15, 0.2) is 15.0 Å². The van der Waals surface area contributed by atoms with Crippen LogP contribution in [0.2, 0.25) is 5.02 Å². The first kappa shape index (κ1) is 18.7. The zero-order chi connectivity index (χ0) is 19.0. The van der Waals surface area contributed by atoms with E-state index < -0.39 is 9.84 Å². The second-order valence-electron chi connectivity index (χ2n) is 6.61. The molecule has 5 nitrogen and oxygen atoms in total. The highest BCUT2D eigenvalue weighted by atomic mass is 35.5. The van der Waals surface area contributed by atoms with Crippen molar-refractivity contribution in [2.24, 2.45) is 4.99 Å². The number of anilines is 1. The molecule has 0 radical (unpaired) electrons. The Hall–Kier alpha value is -1.70. The molecule has 2 heterocycles. The molecular formula is C19H19ClN2O3S2. The van der Waals surface area contributed by atoms with Gasteiger partial charge in [0.05, 0.1) is 30.7 Å². The van der Waals surface area contributed by atoms with Gasteiger partial charge in [0.2, 0.25) is 0 Å². The number of benzene rings is 2. The Labute approximate surface area is 168 Å². The molecule has 2 aliphatic rings. The average molecular weight is 423 g/mol. The predicted molar refractivity (Wildman–Crippen MR) is 112 cm³/mol. The van der Waals surface area contributed by atoms with Gasteiger partial charge in [-0.05, 0) is 42.0 Å². The topological polar surface area (TPSA) is 59.0 Å². The van der Waals surface area contributed by atoms with Gasteiger partial charge < -0.3 is 9.64 Å². The molecule has 142 valence electrons. The van der Waals surface area contributed by atoms with E-state index in [4.69, 9.17) is 21.3 Å². The van der Waals surface area contributed by atoms with Gasteiger partial charge in [-0.1, -0.05) is 35.5 Å². The molecule has 2 aromatic carbocycles. The van der Waals surface area contributed by atoms with Crippen molar-refractivity contribution in [1.82, 2.24) is 0 Å². The summed E-state index contributed by atoms with van der Waals surface area (Å²) in [6.07, 6.45) is 0. The highest BCUT2D eigenvalue weighted by Gasteiger charge is 2.47. The lowest BCUT2D eigenvalue weighted by Gasteiger charge is -2.26. The summed E-state index contributed by atoms with van der Waals surface area (Å²) < 4.78 is 29.4. The average Bonchev–Trinajstić information content (AvgIpc) is 3.12. The summed E-state index contributed by atoms with van der Waals surface area (Å²) in [7, 11) is -1.40. The predicted octanol–water partition coefficient (Wildman–Crippen LogP) is 3.62. The number of hydrogen-bond donors (Lipinski definition) is 0. The number of nitrogens with zero attached hydrogens (tertiary/aromatic N) is 2. The quantitative estimate of drug-likeness (QED) is 0.753. The molecule has 2 aliphatic heterocycles. The van der Waals surface area contributed by atoms with E-state index in [9.17, 15) is 8.42 Å². The zero-order valence-electron chi connectivity index (χ0n) is 14.7. The third kappa shape index (κ3) is 3.95. The Bertz CT molecular complexity index is 959. The molecule has 0 amide bonds. The van der Waals surface area contributed by atoms with E-state index in [1.807, 2.05) is 48.5 Å². The summed E-state index contributed by atoms with van der Waals surface area (Å²) in [5.41, 5.74) is 2.08. The maximum Gasteiger partial charge on any atom is 0.164 e. The lowest BCUT2D eigenvalue weighted by Crippen LogP contribution is -2.39.